The first-order valence-electron chi connectivity index (χ1n) is 8.79. The molecule has 1 N–H and O–H groups in total. The van der Waals surface area contributed by atoms with E-state index in [2.05, 4.69) is 15.5 Å². The summed E-state index contributed by atoms with van der Waals surface area (Å²) in [6.07, 6.45) is 0. The number of methoxy groups -OCH3 is 1. The maximum absolute atomic E-state index is 12.2. The van der Waals surface area contributed by atoms with Gasteiger partial charge < -0.3 is 10.1 Å². The molecule has 1 heterocycles. The van der Waals surface area contributed by atoms with Crippen molar-refractivity contribution < 1.29 is 9.53 Å². The second-order valence-corrected chi connectivity index (χ2v) is 7.39. The highest BCUT2D eigenvalue weighted by Crippen LogP contribution is 2.25. The summed E-state index contributed by atoms with van der Waals surface area (Å²) >= 11 is 7.33. The number of nitrogens with one attached hydrogen (secondary N) is 1. The number of amides is 1. The molecule has 6 nitrogen and oxygen atoms in total. The third-order valence-electron chi connectivity index (χ3n) is 4.00. The molecule has 0 spiro atoms. The van der Waals surface area contributed by atoms with Crippen LogP contribution < -0.4 is 5.32 Å². The zero-order chi connectivity index (χ0) is 19.8. The number of nitrogens with zero attached hydrogens (tertiary/aromatic N) is 3. The topological polar surface area (TPSA) is 69.0 Å². The second-order valence-electron chi connectivity index (χ2n) is 6.01. The second kappa shape index (κ2) is 10.3. The van der Waals surface area contributed by atoms with Crippen LogP contribution in [0.25, 0.3) is 11.4 Å². The van der Waals surface area contributed by atoms with Gasteiger partial charge in [-0.25, -0.2) is 0 Å². The minimum absolute atomic E-state index is 0.0526. The lowest BCUT2D eigenvalue weighted by molar-refractivity contribution is -0.118. The van der Waals surface area contributed by atoms with Gasteiger partial charge in [0.15, 0.2) is 11.0 Å². The normalized spacial score (nSPS) is 10.8. The van der Waals surface area contributed by atoms with Crippen molar-refractivity contribution in [1.82, 2.24) is 20.1 Å². The van der Waals surface area contributed by atoms with Gasteiger partial charge in [0, 0.05) is 24.2 Å². The number of thioether (sulfide) groups is 1. The lowest BCUT2D eigenvalue weighted by Crippen LogP contribution is -2.24. The van der Waals surface area contributed by atoms with Crippen molar-refractivity contribution >= 4 is 29.3 Å². The van der Waals surface area contributed by atoms with E-state index < -0.39 is 0 Å². The van der Waals surface area contributed by atoms with Crippen LogP contribution in [0, 0.1) is 0 Å². The van der Waals surface area contributed by atoms with Gasteiger partial charge in [0.2, 0.25) is 5.91 Å². The molecular formula is C20H21ClN4O2S. The highest BCUT2D eigenvalue weighted by atomic mass is 35.5. The quantitative estimate of drug-likeness (QED) is 0.539. The van der Waals surface area contributed by atoms with E-state index in [0.29, 0.717) is 29.9 Å². The first kappa shape index (κ1) is 20.4. The molecule has 146 valence electrons. The van der Waals surface area contributed by atoms with Gasteiger partial charge in [-0.2, -0.15) is 0 Å². The Kier molecular flexibility index (Phi) is 7.47. The average Bonchev–Trinajstić information content (AvgIpc) is 3.13. The number of aromatic nitrogens is 3. The SMILES string of the molecule is COCCn1c(SCC(=O)NCc2ccccc2)nnc1-c1ccc(Cl)cc1. The maximum atomic E-state index is 12.2. The van der Waals surface area contributed by atoms with E-state index in [0.717, 1.165) is 17.0 Å². The fraction of sp³-hybridized carbons (Fsp3) is 0.250. The molecule has 0 aliphatic rings. The first-order chi connectivity index (χ1) is 13.7. The molecule has 0 fully saturated rings. The van der Waals surface area contributed by atoms with Crippen LogP contribution in [0.2, 0.25) is 5.02 Å². The van der Waals surface area contributed by atoms with E-state index in [1.807, 2.05) is 59.2 Å². The molecule has 1 amide bonds. The Morgan fingerprint density at radius 3 is 2.61 bits per heavy atom. The van der Waals surface area contributed by atoms with Gasteiger partial charge in [0.05, 0.1) is 18.9 Å². The number of rotatable bonds is 9. The van der Waals surface area contributed by atoms with Crippen molar-refractivity contribution in [2.24, 2.45) is 0 Å². The number of halogens is 1. The predicted molar refractivity (Wildman–Crippen MR) is 111 cm³/mol. The van der Waals surface area contributed by atoms with Gasteiger partial charge >= 0.3 is 0 Å². The van der Waals surface area contributed by atoms with Crippen molar-refractivity contribution in [1.29, 1.82) is 0 Å². The van der Waals surface area contributed by atoms with Gasteiger partial charge in [0.25, 0.3) is 0 Å². The van der Waals surface area contributed by atoms with Crippen molar-refractivity contribution in [3.63, 3.8) is 0 Å². The van der Waals surface area contributed by atoms with Crippen molar-refractivity contribution in [3.8, 4) is 11.4 Å². The molecule has 1 aromatic heterocycles. The van der Waals surface area contributed by atoms with Crippen molar-refractivity contribution in [2.45, 2.75) is 18.2 Å². The number of hydrogen-bond donors (Lipinski definition) is 1. The van der Waals surface area contributed by atoms with Gasteiger partial charge in [0.1, 0.15) is 0 Å². The number of hydrogen-bond acceptors (Lipinski definition) is 5. The van der Waals surface area contributed by atoms with Gasteiger partial charge in [-0.15, -0.1) is 10.2 Å². The molecule has 0 saturated heterocycles. The number of carbonyl (C=O) groups is 1. The molecule has 3 rings (SSSR count). The summed E-state index contributed by atoms with van der Waals surface area (Å²) in [7, 11) is 1.65. The number of benzene rings is 2. The third-order valence-corrected chi connectivity index (χ3v) is 5.22. The summed E-state index contributed by atoms with van der Waals surface area (Å²) in [5.74, 6) is 0.933. The van der Waals surface area contributed by atoms with Gasteiger partial charge in [-0.05, 0) is 29.8 Å². The fourth-order valence-electron chi connectivity index (χ4n) is 2.57. The van der Waals surface area contributed by atoms with Crippen LogP contribution >= 0.6 is 23.4 Å². The fourth-order valence-corrected chi connectivity index (χ4v) is 3.49. The standard InChI is InChI=1S/C20H21ClN4O2S/c1-27-12-11-25-19(16-7-9-17(21)10-8-16)23-24-20(25)28-14-18(26)22-13-15-5-3-2-4-6-15/h2-10H,11-14H2,1H3,(H,22,26). The Hall–Kier alpha value is -2.35. The van der Waals surface area contributed by atoms with Crippen LogP contribution in [0.1, 0.15) is 5.56 Å². The molecule has 3 aromatic rings. The maximum Gasteiger partial charge on any atom is 0.230 e. The summed E-state index contributed by atoms with van der Waals surface area (Å²) in [5, 5.41) is 12.8. The molecule has 8 heteroatoms. The lowest BCUT2D eigenvalue weighted by atomic mass is 10.2. The summed E-state index contributed by atoms with van der Waals surface area (Å²) in [6.45, 7) is 1.62. The third kappa shape index (κ3) is 5.58. The van der Waals surface area contributed by atoms with Crippen LogP contribution in [-0.2, 0) is 22.6 Å². The summed E-state index contributed by atoms with van der Waals surface area (Å²) in [5.41, 5.74) is 1.97. The Morgan fingerprint density at radius 2 is 1.89 bits per heavy atom. The van der Waals surface area contributed by atoms with E-state index >= 15 is 0 Å². The molecule has 0 aliphatic heterocycles. The molecule has 0 unspecified atom stereocenters. The lowest BCUT2D eigenvalue weighted by Gasteiger charge is -2.10. The predicted octanol–water partition coefficient (Wildman–Crippen LogP) is 3.65. The molecule has 0 aliphatic carbocycles. The molecule has 0 saturated carbocycles. The number of carbonyl (C=O) groups excluding carboxylic acids is 1. The molecule has 0 radical (unpaired) electrons. The molecule has 0 bridgehead atoms. The first-order valence-corrected chi connectivity index (χ1v) is 10.1. The Bertz CT molecular complexity index is 900. The smallest absolute Gasteiger partial charge is 0.230 e. The largest absolute Gasteiger partial charge is 0.383 e. The van der Waals surface area contributed by atoms with Crippen molar-refractivity contribution in [2.75, 3.05) is 19.5 Å². The van der Waals surface area contributed by atoms with E-state index in [9.17, 15) is 4.79 Å². The number of ether oxygens (including phenoxy) is 1. The Morgan fingerprint density at radius 1 is 1.14 bits per heavy atom. The van der Waals surface area contributed by atoms with Crippen LogP contribution in [0.3, 0.4) is 0 Å². The van der Waals surface area contributed by atoms with Crippen LogP contribution in [0.15, 0.2) is 59.8 Å². The zero-order valence-electron chi connectivity index (χ0n) is 15.5. The molecule has 28 heavy (non-hydrogen) atoms. The highest BCUT2D eigenvalue weighted by Gasteiger charge is 2.15. The minimum atomic E-state index is -0.0526. The minimum Gasteiger partial charge on any atom is -0.383 e. The van der Waals surface area contributed by atoms with E-state index in [4.69, 9.17) is 16.3 Å². The highest BCUT2D eigenvalue weighted by molar-refractivity contribution is 7.99. The van der Waals surface area contributed by atoms with Crippen LogP contribution in [0.5, 0.6) is 0 Å². The van der Waals surface area contributed by atoms with Crippen LogP contribution in [0.4, 0.5) is 0 Å². The van der Waals surface area contributed by atoms with E-state index in [1.54, 1.807) is 7.11 Å². The van der Waals surface area contributed by atoms with E-state index in [1.165, 1.54) is 11.8 Å². The molecular weight excluding hydrogens is 396 g/mol. The zero-order valence-corrected chi connectivity index (χ0v) is 17.0. The summed E-state index contributed by atoms with van der Waals surface area (Å²) in [6, 6.07) is 17.2. The average molecular weight is 417 g/mol. The van der Waals surface area contributed by atoms with Gasteiger partial charge in [-0.3, -0.25) is 9.36 Å². The molecule has 2 aromatic carbocycles. The van der Waals surface area contributed by atoms with E-state index in [-0.39, 0.29) is 11.7 Å². The Balaban J connectivity index is 1.65. The van der Waals surface area contributed by atoms with Gasteiger partial charge in [-0.1, -0.05) is 53.7 Å². The molecule has 0 atom stereocenters. The monoisotopic (exact) mass is 416 g/mol. The van der Waals surface area contributed by atoms with Crippen molar-refractivity contribution in [3.05, 3.63) is 65.2 Å². The van der Waals surface area contributed by atoms with Crippen LogP contribution in [-0.4, -0.2) is 40.1 Å². The summed E-state index contributed by atoms with van der Waals surface area (Å²) < 4.78 is 7.17. The summed E-state index contributed by atoms with van der Waals surface area (Å²) in [4.78, 5) is 12.2. The Labute approximate surface area is 173 Å².